The highest BCUT2D eigenvalue weighted by Gasteiger charge is 2.38. The van der Waals surface area contributed by atoms with Gasteiger partial charge < -0.3 is 9.26 Å². The van der Waals surface area contributed by atoms with Gasteiger partial charge in [0.2, 0.25) is 5.82 Å². The summed E-state index contributed by atoms with van der Waals surface area (Å²) in [6.07, 6.45) is -4.67. The van der Waals surface area contributed by atoms with Crippen molar-refractivity contribution >= 4 is 15.9 Å². The summed E-state index contributed by atoms with van der Waals surface area (Å²) < 4.78 is 48.4. The molecule has 3 aromatic rings. The first-order valence-electron chi connectivity index (χ1n) is 6.78. The molecule has 1 heterocycles. The van der Waals surface area contributed by atoms with Gasteiger partial charge in [-0.05, 0) is 36.8 Å². The van der Waals surface area contributed by atoms with Crippen LogP contribution in [0.2, 0.25) is 0 Å². The molecular formula is C16H10BrF3N2O2. The van der Waals surface area contributed by atoms with Crippen molar-refractivity contribution < 1.29 is 22.4 Å². The quantitative estimate of drug-likeness (QED) is 0.574. The van der Waals surface area contributed by atoms with Gasteiger partial charge in [-0.3, -0.25) is 0 Å². The van der Waals surface area contributed by atoms with E-state index in [0.29, 0.717) is 17.1 Å². The van der Waals surface area contributed by atoms with Crippen molar-refractivity contribution in [3.05, 3.63) is 58.4 Å². The topological polar surface area (TPSA) is 48.2 Å². The summed E-state index contributed by atoms with van der Waals surface area (Å²) in [6, 6.07) is 11.9. The number of aryl methyl sites for hydroxylation is 1. The highest BCUT2D eigenvalue weighted by molar-refractivity contribution is 9.10. The van der Waals surface area contributed by atoms with Gasteiger partial charge in [-0.15, -0.1) is 0 Å². The molecule has 0 amide bonds. The number of hydrogen-bond donors (Lipinski definition) is 0. The lowest BCUT2D eigenvalue weighted by molar-refractivity contribution is -0.159. The third-order valence-corrected chi connectivity index (χ3v) is 3.99. The molecule has 24 heavy (non-hydrogen) atoms. The largest absolute Gasteiger partial charge is 0.471 e. The zero-order valence-corrected chi connectivity index (χ0v) is 13.9. The molecule has 4 nitrogen and oxygen atoms in total. The smallest absolute Gasteiger partial charge is 0.457 e. The van der Waals surface area contributed by atoms with Crippen LogP contribution in [0.5, 0.6) is 11.5 Å². The Morgan fingerprint density at radius 3 is 2.50 bits per heavy atom. The number of hydrogen-bond acceptors (Lipinski definition) is 4. The molecule has 0 radical (unpaired) electrons. The van der Waals surface area contributed by atoms with E-state index in [1.54, 1.807) is 36.4 Å². The van der Waals surface area contributed by atoms with Gasteiger partial charge in [-0.2, -0.15) is 18.2 Å². The van der Waals surface area contributed by atoms with E-state index in [2.05, 4.69) is 30.6 Å². The predicted molar refractivity (Wildman–Crippen MR) is 83.7 cm³/mol. The Kier molecular flexibility index (Phi) is 4.31. The average molecular weight is 399 g/mol. The van der Waals surface area contributed by atoms with Crippen LogP contribution in [-0.2, 0) is 6.18 Å². The van der Waals surface area contributed by atoms with Gasteiger partial charge in [0.1, 0.15) is 11.5 Å². The molecule has 0 N–H and O–H groups in total. The van der Waals surface area contributed by atoms with Crippen LogP contribution in [0, 0.1) is 6.92 Å². The van der Waals surface area contributed by atoms with Crippen LogP contribution >= 0.6 is 15.9 Å². The molecule has 124 valence electrons. The Morgan fingerprint density at radius 1 is 1.08 bits per heavy atom. The summed E-state index contributed by atoms with van der Waals surface area (Å²) in [6.45, 7) is 1.95. The zero-order valence-electron chi connectivity index (χ0n) is 12.3. The van der Waals surface area contributed by atoms with E-state index in [0.717, 1.165) is 10.0 Å². The molecule has 2 aromatic carbocycles. The maximum Gasteiger partial charge on any atom is 0.471 e. The molecule has 1 aromatic heterocycles. The maximum atomic E-state index is 12.5. The molecule has 0 saturated carbocycles. The Bertz CT molecular complexity index is 878. The molecule has 0 atom stereocenters. The van der Waals surface area contributed by atoms with Crippen LogP contribution in [0.1, 0.15) is 11.5 Å². The number of benzene rings is 2. The van der Waals surface area contributed by atoms with Gasteiger partial charge in [-0.1, -0.05) is 39.3 Å². The summed E-state index contributed by atoms with van der Waals surface area (Å²) in [4.78, 5) is 3.36. The SMILES string of the molecule is Cc1ccc(Oc2cccc(-c3noc(C(F)(F)F)n3)c2)cc1Br. The van der Waals surface area contributed by atoms with Gasteiger partial charge in [0.25, 0.3) is 0 Å². The maximum absolute atomic E-state index is 12.5. The molecule has 0 bridgehead atoms. The van der Waals surface area contributed by atoms with Crippen molar-refractivity contribution in [1.82, 2.24) is 10.1 Å². The molecule has 0 aliphatic heterocycles. The van der Waals surface area contributed by atoms with E-state index in [-0.39, 0.29) is 5.82 Å². The van der Waals surface area contributed by atoms with E-state index >= 15 is 0 Å². The molecule has 0 saturated heterocycles. The van der Waals surface area contributed by atoms with Crippen molar-refractivity contribution in [2.75, 3.05) is 0 Å². The number of aromatic nitrogens is 2. The summed E-state index contributed by atoms with van der Waals surface area (Å²) in [5, 5.41) is 3.36. The van der Waals surface area contributed by atoms with Crippen molar-refractivity contribution in [1.29, 1.82) is 0 Å². The summed E-state index contributed by atoms with van der Waals surface area (Å²) in [5.41, 5.74) is 1.42. The molecule has 0 spiro atoms. The fraction of sp³-hybridized carbons (Fsp3) is 0.125. The lowest BCUT2D eigenvalue weighted by Crippen LogP contribution is -2.04. The predicted octanol–water partition coefficient (Wildman–Crippen LogP) is 5.62. The molecule has 0 aliphatic carbocycles. The fourth-order valence-electron chi connectivity index (χ4n) is 1.93. The monoisotopic (exact) mass is 398 g/mol. The third kappa shape index (κ3) is 3.59. The fourth-order valence-corrected chi connectivity index (χ4v) is 2.29. The lowest BCUT2D eigenvalue weighted by atomic mass is 10.2. The van der Waals surface area contributed by atoms with Gasteiger partial charge in [0.15, 0.2) is 0 Å². The van der Waals surface area contributed by atoms with Gasteiger partial charge >= 0.3 is 12.1 Å². The Hall–Kier alpha value is -2.35. The van der Waals surface area contributed by atoms with Crippen molar-refractivity contribution in [3.8, 4) is 22.9 Å². The highest BCUT2D eigenvalue weighted by Crippen LogP contribution is 2.31. The first-order valence-corrected chi connectivity index (χ1v) is 7.57. The Morgan fingerprint density at radius 2 is 1.83 bits per heavy atom. The van der Waals surface area contributed by atoms with Crippen molar-refractivity contribution in [3.63, 3.8) is 0 Å². The normalized spacial score (nSPS) is 11.5. The van der Waals surface area contributed by atoms with Gasteiger partial charge in [0, 0.05) is 10.0 Å². The molecule has 0 unspecified atom stereocenters. The molecule has 0 fully saturated rings. The molecule has 0 aliphatic rings. The van der Waals surface area contributed by atoms with E-state index in [1.165, 1.54) is 0 Å². The second kappa shape index (κ2) is 6.27. The second-order valence-corrected chi connectivity index (χ2v) is 5.82. The summed E-state index contributed by atoms with van der Waals surface area (Å²) >= 11 is 3.41. The molecule has 3 rings (SSSR count). The number of nitrogens with zero attached hydrogens (tertiary/aromatic N) is 2. The van der Waals surface area contributed by atoms with E-state index < -0.39 is 12.1 Å². The average Bonchev–Trinajstić information content (AvgIpc) is 3.01. The van der Waals surface area contributed by atoms with E-state index in [1.807, 2.05) is 13.0 Å². The Balaban J connectivity index is 1.86. The minimum absolute atomic E-state index is 0.155. The standard InChI is InChI=1S/C16H10BrF3N2O2/c1-9-5-6-12(8-13(9)17)23-11-4-2-3-10(7-11)14-21-15(24-22-14)16(18,19)20/h2-8H,1H3. The van der Waals surface area contributed by atoms with Crippen molar-refractivity contribution in [2.24, 2.45) is 0 Å². The van der Waals surface area contributed by atoms with Crippen LogP contribution in [0.25, 0.3) is 11.4 Å². The van der Waals surface area contributed by atoms with Crippen molar-refractivity contribution in [2.45, 2.75) is 13.1 Å². The van der Waals surface area contributed by atoms with Crippen LogP contribution in [0.3, 0.4) is 0 Å². The second-order valence-electron chi connectivity index (χ2n) is 4.96. The van der Waals surface area contributed by atoms with Gasteiger partial charge in [-0.25, -0.2) is 0 Å². The van der Waals surface area contributed by atoms with Crippen LogP contribution in [0.4, 0.5) is 13.2 Å². The first-order chi connectivity index (χ1) is 11.3. The van der Waals surface area contributed by atoms with E-state index in [4.69, 9.17) is 4.74 Å². The van der Waals surface area contributed by atoms with Crippen LogP contribution in [0.15, 0.2) is 51.5 Å². The summed E-state index contributed by atoms with van der Waals surface area (Å²) in [5.74, 6) is -0.500. The number of alkyl halides is 3. The number of halogens is 4. The first kappa shape index (κ1) is 16.5. The Labute approximate surface area is 143 Å². The minimum Gasteiger partial charge on any atom is -0.457 e. The minimum atomic E-state index is -4.67. The van der Waals surface area contributed by atoms with Crippen LogP contribution in [-0.4, -0.2) is 10.1 Å². The lowest BCUT2D eigenvalue weighted by Gasteiger charge is -2.08. The number of rotatable bonds is 3. The molecule has 8 heteroatoms. The summed E-state index contributed by atoms with van der Waals surface area (Å²) in [7, 11) is 0. The zero-order chi connectivity index (χ0) is 17.3. The van der Waals surface area contributed by atoms with E-state index in [9.17, 15) is 13.2 Å². The van der Waals surface area contributed by atoms with Crippen LogP contribution < -0.4 is 4.74 Å². The highest BCUT2D eigenvalue weighted by atomic mass is 79.9. The molecular weight excluding hydrogens is 389 g/mol. The number of ether oxygens (including phenoxy) is 1. The third-order valence-electron chi connectivity index (χ3n) is 3.14. The van der Waals surface area contributed by atoms with Gasteiger partial charge in [0.05, 0.1) is 0 Å².